The van der Waals surface area contributed by atoms with Gasteiger partial charge in [0.2, 0.25) is 0 Å². The number of rotatable bonds is 6. The normalized spacial score (nSPS) is 13.3. The minimum absolute atomic E-state index is 0.129. The summed E-state index contributed by atoms with van der Waals surface area (Å²) in [4.78, 5) is 22.3. The van der Waals surface area contributed by atoms with Crippen molar-refractivity contribution in [3.8, 4) is 0 Å². The number of halogens is 3. The Bertz CT molecular complexity index is 290. The van der Waals surface area contributed by atoms with Crippen LogP contribution in [0.5, 0.6) is 0 Å². The number of nitrogens with one attached hydrogen (secondary N) is 1. The second-order valence-corrected chi connectivity index (χ2v) is 4.15. The minimum atomic E-state index is -5.00. The largest absolute Gasteiger partial charge is 0.471 e. The number of hydrogen-bond donors (Lipinski definition) is 1. The molecule has 0 heterocycles. The van der Waals surface area contributed by atoms with E-state index in [-0.39, 0.29) is 6.42 Å². The molecule has 1 amide bonds. The van der Waals surface area contributed by atoms with E-state index in [1.807, 2.05) is 6.92 Å². The van der Waals surface area contributed by atoms with Gasteiger partial charge >= 0.3 is 18.1 Å². The molecule has 0 saturated carbocycles. The molecule has 0 aliphatic carbocycles. The van der Waals surface area contributed by atoms with Gasteiger partial charge in [0.15, 0.2) is 0 Å². The Morgan fingerprint density at radius 1 is 1.28 bits per heavy atom. The second-order valence-electron chi connectivity index (χ2n) is 4.15. The van der Waals surface area contributed by atoms with Crippen molar-refractivity contribution in [2.24, 2.45) is 0 Å². The Labute approximate surface area is 104 Å². The fourth-order valence-electron chi connectivity index (χ4n) is 1.21. The van der Waals surface area contributed by atoms with E-state index >= 15 is 0 Å². The predicted octanol–water partition coefficient (Wildman–Crippen LogP) is 2.18. The Kier molecular flexibility index (Phi) is 6.72. The Morgan fingerprint density at radius 2 is 1.83 bits per heavy atom. The molecule has 0 aromatic carbocycles. The van der Waals surface area contributed by atoms with Gasteiger partial charge in [-0.25, -0.2) is 4.79 Å². The van der Waals surface area contributed by atoms with E-state index in [4.69, 9.17) is 4.74 Å². The maximum Gasteiger partial charge on any atom is 0.471 e. The van der Waals surface area contributed by atoms with Crippen LogP contribution >= 0.6 is 0 Å². The van der Waals surface area contributed by atoms with Crippen molar-refractivity contribution in [2.75, 3.05) is 0 Å². The van der Waals surface area contributed by atoms with Crippen LogP contribution in [0, 0.1) is 0 Å². The van der Waals surface area contributed by atoms with Crippen LogP contribution in [0.3, 0.4) is 0 Å². The predicted molar refractivity (Wildman–Crippen MR) is 58.7 cm³/mol. The van der Waals surface area contributed by atoms with Crippen LogP contribution < -0.4 is 5.32 Å². The lowest BCUT2D eigenvalue weighted by molar-refractivity contribution is -0.176. The molecule has 0 aliphatic heterocycles. The van der Waals surface area contributed by atoms with Gasteiger partial charge in [0, 0.05) is 0 Å². The number of esters is 1. The molecular weight excluding hydrogens is 251 g/mol. The number of unbranched alkanes of at least 4 members (excludes halogenated alkanes) is 1. The van der Waals surface area contributed by atoms with Crippen LogP contribution in [-0.2, 0) is 14.3 Å². The summed E-state index contributed by atoms with van der Waals surface area (Å²) in [5.41, 5.74) is 0. The van der Waals surface area contributed by atoms with Gasteiger partial charge in [-0.2, -0.15) is 13.2 Å². The lowest BCUT2D eigenvalue weighted by Gasteiger charge is -2.19. The Morgan fingerprint density at radius 3 is 2.22 bits per heavy atom. The molecule has 0 fully saturated rings. The highest BCUT2D eigenvalue weighted by molar-refractivity contribution is 5.87. The van der Waals surface area contributed by atoms with Crippen molar-refractivity contribution in [3.63, 3.8) is 0 Å². The fourth-order valence-corrected chi connectivity index (χ4v) is 1.21. The van der Waals surface area contributed by atoms with E-state index in [9.17, 15) is 22.8 Å². The molecule has 0 rings (SSSR count). The molecule has 0 radical (unpaired) electrons. The first-order valence-electron chi connectivity index (χ1n) is 5.76. The average molecular weight is 269 g/mol. The molecular formula is C11H18F3NO3. The lowest BCUT2D eigenvalue weighted by atomic mass is 10.1. The molecule has 0 aromatic rings. The quantitative estimate of drug-likeness (QED) is 0.752. The van der Waals surface area contributed by atoms with E-state index in [1.54, 1.807) is 19.2 Å². The number of amides is 1. The molecule has 4 nitrogen and oxygen atoms in total. The zero-order valence-corrected chi connectivity index (χ0v) is 10.6. The Balaban J connectivity index is 4.58. The summed E-state index contributed by atoms with van der Waals surface area (Å²) in [6, 6.07) is -1.25. The van der Waals surface area contributed by atoms with E-state index in [2.05, 4.69) is 0 Å². The molecule has 0 aliphatic rings. The van der Waals surface area contributed by atoms with Gasteiger partial charge in [0.25, 0.3) is 0 Å². The maximum atomic E-state index is 12.1. The second kappa shape index (κ2) is 7.23. The van der Waals surface area contributed by atoms with Crippen LogP contribution in [0.25, 0.3) is 0 Å². The highest BCUT2D eigenvalue weighted by Gasteiger charge is 2.41. The molecule has 0 saturated heterocycles. The fraction of sp³-hybridized carbons (Fsp3) is 0.818. The third-order valence-electron chi connectivity index (χ3n) is 2.05. The van der Waals surface area contributed by atoms with Crippen LogP contribution in [-0.4, -0.2) is 30.2 Å². The summed E-state index contributed by atoms with van der Waals surface area (Å²) in [6.45, 7) is 5.00. The number of hydrogen-bond acceptors (Lipinski definition) is 3. The van der Waals surface area contributed by atoms with Gasteiger partial charge in [-0.3, -0.25) is 4.79 Å². The summed E-state index contributed by atoms with van der Waals surface area (Å²) in [6.07, 6.45) is -4.08. The average Bonchev–Trinajstić information content (AvgIpc) is 2.21. The first-order chi connectivity index (χ1) is 8.18. The summed E-state index contributed by atoms with van der Waals surface area (Å²) in [5.74, 6) is -2.96. The van der Waals surface area contributed by atoms with Gasteiger partial charge < -0.3 is 10.1 Å². The topological polar surface area (TPSA) is 55.4 Å². The van der Waals surface area contributed by atoms with Crippen LogP contribution in [0.4, 0.5) is 13.2 Å². The Hall–Kier alpha value is -1.27. The van der Waals surface area contributed by atoms with E-state index in [0.29, 0.717) is 12.8 Å². The number of alkyl halides is 3. The zero-order valence-electron chi connectivity index (χ0n) is 10.6. The summed E-state index contributed by atoms with van der Waals surface area (Å²) in [7, 11) is 0. The summed E-state index contributed by atoms with van der Waals surface area (Å²) < 4.78 is 41.1. The van der Waals surface area contributed by atoms with Crippen molar-refractivity contribution < 1.29 is 27.5 Å². The number of ether oxygens (including phenoxy) is 1. The third-order valence-corrected chi connectivity index (χ3v) is 2.05. The summed E-state index contributed by atoms with van der Waals surface area (Å²) in [5, 5.41) is 1.66. The molecule has 0 aromatic heterocycles. The molecule has 1 N–H and O–H groups in total. The molecule has 0 bridgehead atoms. The van der Waals surface area contributed by atoms with Gasteiger partial charge in [0.05, 0.1) is 6.10 Å². The monoisotopic (exact) mass is 269 g/mol. The highest BCUT2D eigenvalue weighted by Crippen LogP contribution is 2.15. The number of carbonyl (C=O) groups is 2. The van der Waals surface area contributed by atoms with Crippen molar-refractivity contribution >= 4 is 11.9 Å². The van der Waals surface area contributed by atoms with Gasteiger partial charge in [-0.1, -0.05) is 19.8 Å². The lowest BCUT2D eigenvalue weighted by Crippen LogP contribution is -2.47. The highest BCUT2D eigenvalue weighted by atomic mass is 19.4. The van der Waals surface area contributed by atoms with E-state index in [1.165, 1.54) is 0 Å². The molecule has 18 heavy (non-hydrogen) atoms. The van der Waals surface area contributed by atoms with Crippen molar-refractivity contribution in [1.29, 1.82) is 0 Å². The zero-order chi connectivity index (χ0) is 14.3. The minimum Gasteiger partial charge on any atom is -0.461 e. The molecule has 1 unspecified atom stereocenters. The molecule has 0 spiro atoms. The van der Waals surface area contributed by atoms with Crippen LogP contribution in [0.15, 0.2) is 0 Å². The molecule has 1 atom stereocenters. The summed E-state index contributed by atoms with van der Waals surface area (Å²) >= 11 is 0. The first-order valence-corrected chi connectivity index (χ1v) is 5.76. The van der Waals surface area contributed by atoms with Crippen molar-refractivity contribution in [3.05, 3.63) is 0 Å². The van der Waals surface area contributed by atoms with E-state index < -0.39 is 30.2 Å². The maximum absolute atomic E-state index is 12.1. The van der Waals surface area contributed by atoms with Crippen molar-refractivity contribution in [2.45, 2.75) is 58.4 Å². The molecule has 7 heteroatoms. The van der Waals surface area contributed by atoms with Crippen LogP contribution in [0.1, 0.15) is 40.0 Å². The van der Waals surface area contributed by atoms with Gasteiger partial charge in [0.1, 0.15) is 6.04 Å². The number of carbonyl (C=O) groups excluding carboxylic acids is 2. The standard InChI is InChI=1S/C11H18F3NO3/c1-4-5-6-8(9(16)18-7(2)3)15-10(17)11(12,13)14/h7-8H,4-6H2,1-3H3,(H,15,17). The third kappa shape index (κ3) is 6.46. The van der Waals surface area contributed by atoms with Gasteiger partial charge in [-0.05, 0) is 20.3 Å². The van der Waals surface area contributed by atoms with E-state index in [0.717, 1.165) is 0 Å². The SMILES string of the molecule is CCCCC(NC(=O)C(F)(F)F)C(=O)OC(C)C. The first kappa shape index (κ1) is 16.7. The van der Waals surface area contributed by atoms with Crippen molar-refractivity contribution in [1.82, 2.24) is 5.32 Å². The smallest absolute Gasteiger partial charge is 0.461 e. The van der Waals surface area contributed by atoms with Crippen LogP contribution in [0.2, 0.25) is 0 Å². The van der Waals surface area contributed by atoms with Gasteiger partial charge in [-0.15, -0.1) is 0 Å². The molecule has 106 valence electrons.